The molecule has 0 aliphatic carbocycles. The second-order valence-electron chi connectivity index (χ2n) is 5.55. The molecule has 5 heteroatoms. The lowest BCUT2D eigenvalue weighted by atomic mass is 9.97. The van der Waals surface area contributed by atoms with Crippen LogP contribution in [0.5, 0.6) is 0 Å². The van der Waals surface area contributed by atoms with Crippen molar-refractivity contribution in [3.05, 3.63) is 0 Å². The van der Waals surface area contributed by atoms with E-state index in [1.807, 2.05) is 6.92 Å². The van der Waals surface area contributed by atoms with Crippen LogP contribution in [0.2, 0.25) is 0 Å². The van der Waals surface area contributed by atoms with E-state index in [2.05, 4.69) is 24.1 Å². The Morgan fingerprint density at radius 1 is 1.44 bits per heavy atom. The summed E-state index contributed by atoms with van der Waals surface area (Å²) in [6.07, 6.45) is 2.36. The molecule has 0 spiro atoms. The minimum Gasteiger partial charge on any atom is -0.354 e. The number of nitrogens with zero attached hydrogens (tertiary/aromatic N) is 1. The van der Waals surface area contributed by atoms with Crippen LogP contribution in [-0.2, 0) is 4.79 Å². The first kappa shape index (κ1) is 17.7. The highest BCUT2D eigenvalue weighted by molar-refractivity contribution is 5.85. The zero-order chi connectivity index (χ0) is 12.8. The quantitative estimate of drug-likeness (QED) is 0.795. The van der Waals surface area contributed by atoms with Crippen LogP contribution in [0.1, 0.15) is 33.6 Å². The summed E-state index contributed by atoms with van der Waals surface area (Å²) >= 11 is 0. The Morgan fingerprint density at radius 2 is 2.11 bits per heavy atom. The average Bonchev–Trinajstić information content (AvgIpc) is 2.35. The van der Waals surface area contributed by atoms with Crippen LogP contribution in [0.4, 0.5) is 0 Å². The Labute approximate surface area is 117 Å². The lowest BCUT2D eigenvalue weighted by molar-refractivity contribution is -0.126. The van der Waals surface area contributed by atoms with Crippen molar-refractivity contribution in [2.75, 3.05) is 26.2 Å². The van der Waals surface area contributed by atoms with E-state index in [0.717, 1.165) is 32.6 Å². The highest BCUT2D eigenvalue weighted by atomic mass is 35.5. The fourth-order valence-electron chi connectivity index (χ4n) is 2.26. The molecule has 1 rings (SSSR count). The second-order valence-corrected chi connectivity index (χ2v) is 5.55. The van der Waals surface area contributed by atoms with Gasteiger partial charge in [-0.1, -0.05) is 13.8 Å². The molecule has 0 aromatic carbocycles. The maximum Gasteiger partial charge on any atom is 0.237 e. The molecule has 4 nitrogen and oxygen atoms in total. The van der Waals surface area contributed by atoms with E-state index in [1.54, 1.807) is 0 Å². The molecular formula is C13H28ClN3O. The van der Waals surface area contributed by atoms with Crippen LogP contribution >= 0.6 is 12.4 Å². The van der Waals surface area contributed by atoms with Gasteiger partial charge >= 0.3 is 0 Å². The third-order valence-electron chi connectivity index (χ3n) is 3.50. The first-order valence-electron chi connectivity index (χ1n) is 6.76. The molecule has 1 amide bonds. The Morgan fingerprint density at radius 3 is 2.67 bits per heavy atom. The minimum absolute atomic E-state index is 0. The number of nitrogens with two attached hydrogens (primary N) is 1. The van der Waals surface area contributed by atoms with Crippen molar-refractivity contribution in [2.45, 2.75) is 39.7 Å². The third-order valence-corrected chi connectivity index (χ3v) is 3.50. The monoisotopic (exact) mass is 277 g/mol. The van der Waals surface area contributed by atoms with Crippen molar-refractivity contribution < 1.29 is 4.79 Å². The van der Waals surface area contributed by atoms with Crippen molar-refractivity contribution in [1.82, 2.24) is 10.2 Å². The lowest BCUT2D eigenvalue weighted by Crippen LogP contribution is -2.50. The summed E-state index contributed by atoms with van der Waals surface area (Å²) in [5.74, 6) is 1.21. The number of carbonyl (C=O) groups excluding carboxylic acids is 1. The van der Waals surface area contributed by atoms with Crippen molar-refractivity contribution in [1.29, 1.82) is 0 Å². The molecule has 0 bridgehead atoms. The van der Waals surface area contributed by atoms with Crippen LogP contribution in [0.3, 0.4) is 0 Å². The van der Waals surface area contributed by atoms with Crippen LogP contribution < -0.4 is 11.1 Å². The van der Waals surface area contributed by atoms with Crippen LogP contribution in [0.25, 0.3) is 0 Å². The molecule has 0 saturated carbocycles. The SMILES string of the molecule is CC(C)CNC(=O)C(C)N1CCCC(CN)C1.Cl. The van der Waals surface area contributed by atoms with Crippen LogP contribution in [0, 0.1) is 11.8 Å². The molecule has 0 aromatic heterocycles. The van der Waals surface area contributed by atoms with E-state index in [0.29, 0.717) is 11.8 Å². The van der Waals surface area contributed by atoms with Crippen molar-refractivity contribution >= 4 is 18.3 Å². The Bertz CT molecular complexity index is 248. The fourth-order valence-corrected chi connectivity index (χ4v) is 2.26. The summed E-state index contributed by atoms with van der Waals surface area (Å²) < 4.78 is 0. The van der Waals surface area contributed by atoms with Gasteiger partial charge in [0.1, 0.15) is 0 Å². The molecule has 0 aromatic rings. The molecule has 1 fully saturated rings. The number of hydrogen-bond donors (Lipinski definition) is 2. The normalized spacial score (nSPS) is 22.4. The first-order chi connectivity index (χ1) is 8.04. The maximum atomic E-state index is 12.0. The van der Waals surface area contributed by atoms with E-state index in [-0.39, 0.29) is 24.4 Å². The van der Waals surface area contributed by atoms with Gasteiger partial charge in [-0.2, -0.15) is 0 Å². The van der Waals surface area contributed by atoms with Gasteiger partial charge < -0.3 is 11.1 Å². The van der Waals surface area contributed by atoms with E-state index >= 15 is 0 Å². The van der Waals surface area contributed by atoms with Crippen molar-refractivity contribution in [3.63, 3.8) is 0 Å². The zero-order valence-electron chi connectivity index (χ0n) is 11.8. The number of rotatable bonds is 5. The molecule has 1 aliphatic heterocycles. The van der Waals surface area contributed by atoms with Crippen molar-refractivity contribution in [3.8, 4) is 0 Å². The largest absolute Gasteiger partial charge is 0.354 e. The van der Waals surface area contributed by atoms with Gasteiger partial charge in [-0.25, -0.2) is 0 Å². The predicted octanol–water partition coefficient (Wildman–Crippen LogP) is 1.24. The Hall–Kier alpha value is -0.320. The van der Waals surface area contributed by atoms with Gasteiger partial charge in [-0.05, 0) is 44.7 Å². The summed E-state index contributed by atoms with van der Waals surface area (Å²) in [5, 5.41) is 3.00. The summed E-state index contributed by atoms with van der Waals surface area (Å²) in [6.45, 7) is 9.69. The van der Waals surface area contributed by atoms with E-state index in [9.17, 15) is 4.79 Å². The van der Waals surface area contributed by atoms with E-state index < -0.39 is 0 Å². The van der Waals surface area contributed by atoms with Crippen LogP contribution in [-0.4, -0.2) is 43.0 Å². The number of likely N-dealkylation sites (tertiary alicyclic amines) is 1. The molecular weight excluding hydrogens is 250 g/mol. The van der Waals surface area contributed by atoms with Gasteiger partial charge in [-0.3, -0.25) is 9.69 Å². The van der Waals surface area contributed by atoms with Crippen LogP contribution in [0.15, 0.2) is 0 Å². The van der Waals surface area contributed by atoms with E-state index in [1.165, 1.54) is 6.42 Å². The molecule has 1 aliphatic rings. The highest BCUT2D eigenvalue weighted by Crippen LogP contribution is 2.17. The number of hydrogen-bond acceptors (Lipinski definition) is 3. The number of halogens is 1. The summed E-state index contributed by atoms with van der Waals surface area (Å²) in [5.41, 5.74) is 5.71. The molecule has 108 valence electrons. The number of nitrogens with one attached hydrogen (secondary N) is 1. The average molecular weight is 278 g/mol. The molecule has 0 radical (unpaired) electrons. The predicted molar refractivity (Wildman–Crippen MR) is 77.9 cm³/mol. The highest BCUT2D eigenvalue weighted by Gasteiger charge is 2.26. The van der Waals surface area contributed by atoms with Gasteiger partial charge in [0.05, 0.1) is 6.04 Å². The van der Waals surface area contributed by atoms with Gasteiger partial charge in [0, 0.05) is 13.1 Å². The van der Waals surface area contributed by atoms with Crippen molar-refractivity contribution in [2.24, 2.45) is 17.6 Å². The zero-order valence-corrected chi connectivity index (χ0v) is 12.6. The third kappa shape index (κ3) is 5.55. The molecule has 2 atom stereocenters. The molecule has 3 N–H and O–H groups in total. The molecule has 1 saturated heterocycles. The number of amides is 1. The number of carbonyl (C=O) groups is 1. The summed E-state index contributed by atoms with van der Waals surface area (Å²) in [7, 11) is 0. The number of piperidine rings is 1. The maximum absolute atomic E-state index is 12.0. The second kappa shape index (κ2) is 8.73. The van der Waals surface area contributed by atoms with E-state index in [4.69, 9.17) is 5.73 Å². The smallest absolute Gasteiger partial charge is 0.237 e. The van der Waals surface area contributed by atoms with Gasteiger partial charge in [0.15, 0.2) is 0 Å². The summed E-state index contributed by atoms with van der Waals surface area (Å²) in [4.78, 5) is 14.2. The molecule has 1 heterocycles. The molecule has 2 unspecified atom stereocenters. The fraction of sp³-hybridized carbons (Fsp3) is 0.923. The van der Waals surface area contributed by atoms with Gasteiger partial charge in [0.2, 0.25) is 5.91 Å². The van der Waals surface area contributed by atoms with Gasteiger partial charge in [-0.15, -0.1) is 12.4 Å². The standard InChI is InChI=1S/C13H27N3O.ClH/c1-10(2)8-15-13(17)11(3)16-6-4-5-12(7-14)9-16;/h10-12H,4-9,14H2,1-3H3,(H,15,17);1H. The Balaban J connectivity index is 0.00000289. The summed E-state index contributed by atoms with van der Waals surface area (Å²) in [6, 6.07) is -0.0249. The minimum atomic E-state index is -0.0249. The molecule has 18 heavy (non-hydrogen) atoms. The van der Waals surface area contributed by atoms with Gasteiger partial charge in [0.25, 0.3) is 0 Å². The topological polar surface area (TPSA) is 58.4 Å². The Kier molecular flexibility index (Phi) is 8.57. The lowest BCUT2D eigenvalue weighted by Gasteiger charge is -2.35. The first-order valence-corrected chi connectivity index (χ1v) is 6.76.